The molecule has 17 heavy (non-hydrogen) atoms. The average molecular weight is 255 g/mol. The van der Waals surface area contributed by atoms with Gasteiger partial charge >= 0.3 is 0 Å². The van der Waals surface area contributed by atoms with Crippen LogP contribution in [-0.4, -0.2) is 34.5 Å². The summed E-state index contributed by atoms with van der Waals surface area (Å²) in [5.74, 6) is 1.35. The maximum atomic E-state index is 11.6. The Morgan fingerprint density at radius 3 is 2.94 bits per heavy atom. The van der Waals surface area contributed by atoms with Crippen molar-refractivity contribution in [1.29, 1.82) is 0 Å². The molecule has 1 aromatic rings. The third kappa shape index (κ3) is 2.90. The van der Waals surface area contributed by atoms with Gasteiger partial charge < -0.3 is 4.57 Å². The molecule has 4 heteroatoms. The van der Waals surface area contributed by atoms with Crippen LogP contribution in [0.2, 0.25) is 0 Å². The van der Waals surface area contributed by atoms with E-state index < -0.39 is 0 Å². The molecule has 0 saturated carbocycles. The summed E-state index contributed by atoms with van der Waals surface area (Å²) in [4.78, 5) is 14.0. The van der Waals surface area contributed by atoms with Crippen molar-refractivity contribution < 1.29 is 0 Å². The van der Waals surface area contributed by atoms with Gasteiger partial charge in [-0.05, 0) is 24.9 Å². The highest BCUT2D eigenvalue weighted by Gasteiger charge is 2.29. The molecule has 1 fully saturated rings. The number of rotatable bonds is 4. The zero-order valence-electron chi connectivity index (χ0n) is 10.2. The Morgan fingerprint density at radius 2 is 2.24 bits per heavy atom. The lowest BCUT2D eigenvalue weighted by Crippen LogP contribution is -2.37. The van der Waals surface area contributed by atoms with Crippen molar-refractivity contribution in [2.45, 2.75) is 25.9 Å². The van der Waals surface area contributed by atoms with Gasteiger partial charge in [-0.2, -0.15) is 0 Å². The number of alkyl halides is 1. The Kier molecular flexibility index (Phi) is 4.24. The standard InChI is InChI=1S/C13H19ClN2O/c1-11-5-7-15(12(11)10-14)8-9-16-6-3-2-4-13(16)17/h2-4,6,11-12H,5,7-10H2,1H3. The highest BCUT2D eigenvalue weighted by atomic mass is 35.5. The summed E-state index contributed by atoms with van der Waals surface area (Å²) in [7, 11) is 0. The monoisotopic (exact) mass is 254 g/mol. The zero-order chi connectivity index (χ0) is 12.3. The quantitative estimate of drug-likeness (QED) is 0.766. The van der Waals surface area contributed by atoms with E-state index in [4.69, 9.17) is 11.6 Å². The fraction of sp³-hybridized carbons (Fsp3) is 0.615. The van der Waals surface area contributed by atoms with Gasteiger partial charge in [0.1, 0.15) is 0 Å². The van der Waals surface area contributed by atoms with Gasteiger partial charge in [0, 0.05) is 37.3 Å². The minimum Gasteiger partial charge on any atom is -0.314 e. The van der Waals surface area contributed by atoms with Crippen LogP contribution in [0.4, 0.5) is 0 Å². The molecule has 0 radical (unpaired) electrons. The van der Waals surface area contributed by atoms with Crippen LogP contribution in [-0.2, 0) is 6.54 Å². The van der Waals surface area contributed by atoms with Crippen molar-refractivity contribution in [1.82, 2.24) is 9.47 Å². The normalized spacial score (nSPS) is 25.3. The maximum absolute atomic E-state index is 11.6. The number of hydrogen-bond donors (Lipinski definition) is 0. The van der Waals surface area contributed by atoms with Crippen LogP contribution < -0.4 is 5.56 Å². The first kappa shape index (κ1) is 12.7. The Balaban J connectivity index is 1.95. The second-order valence-electron chi connectivity index (χ2n) is 4.76. The molecule has 1 aliphatic heterocycles. The Bertz CT molecular complexity index is 418. The second-order valence-corrected chi connectivity index (χ2v) is 5.06. The van der Waals surface area contributed by atoms with Gasteiger partial charge in [0.05, 0.1) is 0 Å². The Labute approximate surface area is 107 Å². The molecule has 1 aliphatic rings. The molecular formula is C13H19ClN2O. The summed E-state index contributed by atoms with van der Waals surface area (Å²) in [6, 6.07) is 5.74. The SMILES string of the molecule is CC1CCN(CCn2ccccc2=O)C1CCl. The molecule has 0 amide bonds. The predicted octanol–water partition coefficient (Wildman–Crippen LogP) is 1.80. The predicted molar refractivity (Wildman–Crippen MR) is 70.6 cm³/mol. The van der Waals surface area contributed by atoms with E-state index in [9.17, 15) is 4.79 Å². The Morgan fingerprint density at radius 1 is 1.41 bits per heavy atom. The van der Waals surface area contributed by atoms with Gasteiger partial charge in [-0.25, -0.2) is 0 Å². The lowest BCUT2D eigenvalue weighted by molar-refractivity contribution is 0.240. The zero-order valence-corrected chi connectivity index (χ0v) is 10.9. The number of halogens is 1. The maximum Gasteiger partial charge on any atom is 0.250 e. The number of hydrogen-bond acceptors (Lipinski definition) is 2. The summed E-state index contributed by atoms with van der Waals surface area (Å²) < 4.78 is 1.76. The molecule has 2 heterocycles. The van der Waals surface area contributed by atoms with Crippen molar-refractivity contribution in [3.05, 3.63) is 34.7 Å². The van der Waals surface area contributed by atoms with Crippen LogP contribution in [0.1, 0.15) is 13.3 Å². The molecule has 0 bridgehead atoms. The van der Waals surface area contributed by atoms with Gasteiger partial charge in [0.2, 0.25) is 0 Å². The number of likely N-dealkylation sites (tertiary alicyclic amines) is 1. The molecular weight excluding hydrogens is 236 g/mol. The average Bonchev–Trinajstić information content (AvgIpc) is 2.69. The molecule has 2 rings (SSSR count). The van der Waals surface area contributed by atoms with Gasteiger partial charge in [0.15, 0.2) is 0 Å². The molecule has 0 spiro atoms. The number of aromatic nitrogens is 1. The first-order valence-electron chi connectivity index (χ1n) is 6.18. The van der Waals surface area contributed by atoms with Gasteiger partial charge in [-0.3, -0.25) is 9.69 Å². The van der Waals surface area contributed by atoms with Crippen molar-refractivity contribution in [2.24, 2.45) is 5.92 Å². The van der Waals surface area contributed by atoms with Crippen molar-refractivity contribution in [3.63, 3.8) is 0 Å². The van der Waals surface area contributed by atoms with E-state index in [0.717, 1.165) is 19.6 Å². The lowest BCUT2D eigenvalue weighted by Gasteiger charge is -2.25. The summed E-state index contributed by atoms with van der Waals surface area (Å²) in [5.41, 5.74) is 0.0715. The van der Waals surface area contributed by atoms with Crippen molar-refractivity contribution >= 4 is 11.6 Å². The topological polar surface area (TPSA) is 25.2 Å². The fourth-order valence-corrected chi connectivity index (χ4v) is 3.00. The minimum absolute atomic E-state index is 0.0715. The Hall–Kier alpha value is -0.800. The first-order chi connectivity index (χ1) is 8.22. The third-order valence-corrected chi connectivity index (χ3v) is 4.00. The van der Waals surface area contributed by atoms with Gasteiger partial charge in [-0.15, -0.1) is 11.6 Å². The summed E-state index contributed by atoms with van der Waals surface area (Å²) >= 11 is 6.00. The molecule has 0 N–H and O–H groups in total. The number of pyridine rings is 1. The second kappa shape index (κ2) is 5.69. The van der Waals surface area contributed by atoms with Crippen molar-refractivity contribution in [2.75, 3.05) is 19.0 Å². The van der Waals surface area contributed by atoms with Gasteiger partial charge in [0.25, 0.3) is 5.56 Å². The van der Waals surface area contributed by atoms with Crippen LogP contribution >= 0.6 is 11.6 Å². The smallest absolute Gasteiger partial charge is 0.250 e. The summed E-state index contributed by atoms with van der Waals surface area (Å²) in [6.07, 6.45) is 3.05. The lowest BCUT2D eigenvalue weighted by atomic mass is 10.1. The van der Waals surface area contributed by atoms with Gasteiger partial charge in [-0.1, -0.05) is 13.0 Å². The summed E-state index contributed by atoms with van der Waals surface area (Å²) in [5, 5.41) is 0. The van der Waals surface area contributed by atoms with E-state index in [-0.39, 0.29) is 5.56 Å². The van der Waals surface area contributed by atoms with E-state index in [2.05, 4.69) is 11.8 Å². The highest BCUT2D eigenvalue weighted by molar-refractivity contribution is 6.18. The molecule has 94 valence electrons. The van der Waals surface area contributed by atoms with Crippen LogP contribution in [0.5, 0.6) is 0 Å². The van der Waals surface area contributed by atoms with E-state index in [1.54, 1.807) is 16.7 Å². The number of nitrogens with zero attached hydrogens (tertiary/aromatic N) is 2. The first-order valence-corrected chi connectivity index (χ1v) is 6.71. The van der Waals surface area contributed by atoms with E-state index in [1.165, 1.54) is 6.42 Å². The third-order valence-electron chi connectivity index (χ3n) is 3.68. The molecule has 0 aromatic carbocycles. The largest absolute Gasteiger partial charge is 0.314 e. The summed E-state index contributed by atoms with van der Waals surface area (Å²) in [6.45, 7) is 5.01. The molecule has 3 nitrogen and oxygen atoms in total. The van der Waals surface area contributed by atoms with E-state index >= 15 is 0 Å². The molecule has 2 atom stereocenters. The van der Waals surface area contributed by atoms with E-state index in [0.29, 0.717) is 17.8 Å². The highest BCUT2D eigenvalue weighted by Crippen LogP contribution is 2.24. The minimum atomic E-state index is 0.0715. The van der Waals surface area contributed by atoms with E-state index in [1.807, 2.05) is 12.3 Å². The van der Waals surface area contributed by atoms with Crippen LogP contribution in [0, 0.1) is 5.92 Å². The van der Waals surface area contributed by atoms with Crippen molar-refractivity contribution in [3.8, 4) is 0 Å². The molecule has 0 aliphatic carbocycles. The fourth-order valence-electron chi connectivity index (χ4n) is 2.50. The van der Waals surface area contributed by atoms with Crippen LogP contribution in [0.15, 0.2) is 29.2 Å². The van der Waals surface area contributed by atoms with Crippen LogP contribution in [0.25, 0.3) is 0 Å². The molecule has 2 unspecified atom stereocenters. The molecule has 1 saturated heterocycles. The van der Waals surface area contributed by atoms with Crippen LogP contribution in [0.3, 0.4) is 0 Å². The molecule has 1 aromatic heterocycles.